The number of ether oxygens (including phenoxy) is 1. The van der Waals surface area contributed by atoms with Crippen LogP contribution >= 0.6 is 0 Å². The third-order valence-corrected chi connectivity index (χ3v) is 5.99. The highest BCUT2D eigenvalue weighted by molar-refractivity contribution is 5.81. The van der Waals surface area contributed by atoms with E-state index in [9.17, 15) is 18.0 Å². The number of carbonyl (C=O) groups is 2. The molecule has 3 heterocycles. The molecule has 2 saturated heterocycles. The van der Waals surface area contributed by atoms with E-state index in [4.69, 9.17) is 19.1 Å². The summed E-state index contributed by atoms with van der Waals surface area (Å²) in [7, 11) is 0. The summed E-state index contributed by atoms with van der Waals surface area (Å²) in [5, 5.41) is 10.2. The number of hydrogen-bond donors (Lipinski definition) is 2. The Morgan fingerprint density at radius 3 is 2.35 bits per heavy atom. The number of carboxylic acid groups (broad SMARTS) is 1. The molecule has 4 rings (SSSR count). The van der Waals surface area contributed by atoms with Crippen LogP contribution in [0.5, 0.6) is 0 Å². The number of amides is 1. The van der Waals surface area contributed by atoms with E-state index in [0.29, 0.717) is 0 Å². The number of likely N-dealkylation sites (tertiary alicyclic amines) is 1. The Bertz CT molecular complexity index is 767. The second kappa shape index (κ2) is 9.60. The van der Waals surface area contributed by atoms with Crippen molar-refractivity contribution in [1.29, 1.82) is 0 Å². The van der Waals surface area contributed by atoms with E-state index in [1.54, 1.807) is 0 Å². The lowest BCUT2D eigenvalue weighted by atomic mass is 9.88. The molecular formula is C21H29F3N2O5. The molecule has 10 heteroatoms. The van der Waals surface area contributed by atoms with Gasteiger partial charge in [-0.2, -0.15) is 13.2 Å². The largest absolute Gasteiger partial charge is 0.490 e. The van der Waals surface area contributed by atoms with E-state index in [-0.39, 0.29) is 17.6 Å². The molecule has 1 aromatic heterocycles. The van der Waals surface area contributed by atoms with Gasteiger partial charge in [-0.1, -0.05) is 0 Å². The maximum absolute atomic E-state index is 12.3. The number of alkyl halides is 3. The van der Waals surface area contributed by atoms with E-state index in [2.05, 4.69) is 16.3 Å². The standard InChI is InChI=1S/C19H28N2O3.C2HF3O2/c1-14-2-5-16(23-14)13-21-10-8-19(9-11-21)7-6-17(24-19)18(22)20-12-15-3-4-15;3-2(4,5)1(6)7/h2,5,15,17H,3-4,6-13H2,1H3,(H,20,22);(H,6,7). The molecular weight excluding hydrogens is 417 g/mol. The quantitative estimate of drug-likeness (QED) is 0.722. The molecule has 0 radical (unpaired) electrons. The third kappa shape index (κ3) is 6.96. The molecule has 1 aliphatic carbocycles. The summed E-state index contributed by atoms with van der Waals surface area (Å²) in [4.78, 5) is 23.6. The predicted octanol–water partition coefficient (Wildman–Crippen LogP) is 3.26. The lowest BCUT2D eigenvalue weighted by Gasteiger charge is -2.38. The Morgan fingerprint density at radius 1 is 1.19 bits per heavy atom. The minimum Gasteiger partial charge on any atom is -0.475 e. The first kappa shape index (κ1) is 23.6. The average Bonchev–Trinajstić information content (AvgIpc) is 3.31. The fourth-order valence-corrected chi connectivity index (χ4v) is 3.96. The van der Waals surface area contributed by atoms with E-state index < -0.39 is 12.1 Å². The Kier molecular flexibility index (Phi) is 7.31. The fourth-order valence-electron chi connectivity index (χ4n) is 3.96. The highest BCUT2D eigenvalue weighted by atomic mass is 19.4. The van der Waals surface area contributed by atoms with Crippen LogP contribution in [0.15, 0.2) is 16.5 Å². The number of rotatable bonds is 5. The molecule has 2 aliphatic heterocycles. The molecule has 7 nitrogen and oxygen atoms in total. The summed E-state index contributed by atoms with van der Waals surface area (Å²) >= 11 is 0. The van der Waals surface area contributed by atoms with Gasteiger partial charge in [-0.15, -0.1) is 0 Å². The van der Waals surface area contributed by atoms with Crippen LogP contribution in [0.1, 0.15) is 50.0 Å². The smallest absolute Gasteiger partial charge is 0.475 e. The third-order valence-electron chi connectivity index (χ3n) is 5.99. The van der Waals surface area contributed by atoms with Crippen LogP contribution in [-0.2, 0) is 20.9 Å². The molecule has 0 bridgehead atoms. The molecule has 31 heavy (non-hydrogen) atoms. The molecule has 1 saturated carbocycles. The first-order chi connectivity index (χ1) is 14.6. The maximum Gasteiger partial charge on any atom is 0.490 e. The number of halogens is 3. The van der Waals surface area contributed by atoms with Crippen LogP contribution in [0.25, 0.3) is 0 Å². The summed E-state index contributed by atoms with van der Waals surface area (Å²) in [6.45, 7) is 5.71. The number of carbonyl (C=O) groups excluding carboxylic acids is 1. The SMILES string of the molecule is Cc1ccc(CN2CCC3(CCC(C(=O)NCC4CC4)O3)CC2)o1.O=C(O)C(F)(F)F. The highest BCUT2D eigenvalue weighted by Crippen LogP contribution is 2.39. The van der Waals surface area contributed by atoms with Gasteiger partial charge in [0, 0.05) is 19.6 Å². The van der Waals surface area contributed by atoms with Crippen LogP contribution < -0.4 is 5.32 Å². The van der Waals surface area contributed by atoms with Gasteiger partial charge in [0.2, 0.25) is 5.91 Å². The van der Waals surface area contributed by atoms with Crippen molar-refractivity contribution in [2.45, 2.75) is 69.9 Å². The zero-order valence-corrected chi connectivity index (χ0v) is 17.5. The zero-order chi connectivity index (χ0) is 22.6. The monoisotopic (exact) mass is 446 g/mol. The number of piperidine rings is 1. The van der Waals surface area contributed by atoms with Gasteiger partial charge in [0.1, 0.15) is 17.6 Å². The van der Waals surface area contributed by atoms with Crippen molar-refractivity contribution in [3.63, 3.8) is 0 Å². The summed E-state index contributed by atoms with van der Waals surface area (Å²) in [5.41, 5.74) is -0.0723. The van der Waals surface area contributed by atoms with Crippen molar-refractivity contribution in [3.05, 3.63) is 23.7 Å². The van der Waals surface area contributed by atoms with Crippen molar-refractivity contribution in [3.8, 4) is 0 Å². The molecule has 3 aliphatic rings. The van der Waals surface area contributed by atoms with Crippen molar-refractivity contribution in [1.82, 2.24) is 10.2 Å². The van der Waals surface area contributed by atoms with Gasteiger partial charge in [0.05, 0.1) is 12.1 Å². The predicted molar refractivity (Wildman–Crippen MR) is 104 cm³/mol. The normalized spacial score (nSPS) is 23.3. The van der Waals surface area contributed by atoms with Crippen molar-refractivity contribution >= 4 is 11.9 Å². The number of aliphatic carboxylic acids is 1. The van der Waals surface area contributed by atoms with E-state index in [0.717, 1.165) is 69.3 Å². The molecule has 1 spiro atoms. The van der Waals surface area contributed by atoms with Crippen molar-refractivity contribution in [2.24, 2.45) is 5.92 Å². The maximum atomic E-state index is 12.3. The second-order valence-corrected chi connectivity index (χ2v) is 8.61. The zero-order valence-electron chi connectivity index (χ0n) is 17.5. The number of nitrogens with one attached hydrogen (secondary N) is 1. The van der Waals surface area contributed by atoms with Crippen LogP contribution in [-0.4, -0.2) is 59.4 Å². The number of nitrogens with zero attached hydrogens (tertiary/aromatic N) is 1. The number of furan rings is 1. The van der Waals surface area contributed by atoms with Crippen LogP contribution in [0.2, 0.25) is 0 Å². The van der Waals surface area contributed by atoms with Crippen LogP contribution in [0.4, 0.5) is 13.2 Å². The fraction of sp³-hybridized carbons (Fsp3) is 0.714. The minimum absolute atomic E-state index is 0.0723. The molecule has 3 fully saturated rings. The van der Waals surface area contributed by atoms with Crippen LogP contribution in [0.3, 0.4) is 0 Å². The summed E-state index contributed by atoms with van der Waals surface area (Å²) in [6, 6.07) is 4.08. The van der Waals surface area contributed by atoms with Crippen LogP contribution in [0, 0.1) is 12.8 Å². The topological polar surface area (TPSA) is 92.0 Å². The number of aryl methyl sites for hydroxylation is 1. The van der Waals surface area contributed by atoms with Gasteiger partial charge >= 0.3 is 12.1 Å². The molecule has 2 N–H and O–H groups in total. The molecule has 1 aromatic rings. The Hall–Kier alpha value is -2.07. The minimum atomic E-state index is -5.08. The van der Waals surface area contributed by atoms with Gasteiger partial charge in [0.15, 0.2) is 0 Å². The van der Waals surface area contributed by atoms with Crippen molar-refractivity contribution in [2.75, 3.05) is 19.6 Å². The Labute approximate surface area is 178 Å². The lowest BCUT2D eigenvalue weighted by Crippen LogP contribution is -2.45. The molecule has 174 valence electrons. The van der Waals surface area contributed by atoms with Gasteiger partial charge in [-0.05, 0) is 63.5 Å². The number of carboxylic acids is 1. The summed E-state index contributed by atoms with van der Waals surface area (Å²) in [5.74, 6) is 0.0725. The van der Waals surface area contributed by atoms with Gasteiger partial charge in [0.25, 0.3) is 0 Å². The first-order valence-corrected chi connectivity index (χ1v) is 10.6. The van der Waals surface area contributed by atoms with Gasteiger partial charge in [-0.25, -0.2) is 4.79 Å². The molecule has 1 amide bonds. The Balaban J connectivity index is 0.000000339. The summed E-state index contributed by atoms with van der Waals surface area (Å²) < 4.78 is 43.7. The van der Waals surface area contributed by atoms with E-state index >= 15 is 0 Å². The molecule has 0 aromatic carbocycles. The molecule has 1 unspecified atom stereocenters. The summed E-state index contributed by atoms with van der Waals surface area (Å²) in [6.07, 6.45) is 1.12. The molecule has 1 atom stereocenters. The average molecular weight is 446 g/mol. The van der Waals surface area contributed by atoms with Gasteiger partial charge in [-0.3, -0.25) is 9.69 Å². The lowest BCUT2D eigenvalue weighted by molar-refractivity contribution is -0.192. The van der Waals surface area contributed by atoms with Gasteiger partial charge < -0.3 is 19.6 Å². The highest BCUT2D eigenvalue weighted by Gasteiger charge is 2.44. The first-order valence-electron chi connectivity index (χ1n) is 10.6. The van der Waals surface area contributed by atoms with E-state index in [1.165, 1.54) is 12.8 Å². The van der Waals surface area contributed by atoms with E-state index in [1.807, 2.05) is 13.0 Å². The second-order valence-electron chi connectivity index (χ2n) is 8.61. The van der Waals surface area contributed by atoms with Crippen molar-refractivity contribution < 1.29 is 37.0 Å². The Morgan fingerprint density at radius 2 is 1.84 bits per heavy atom. The number of hydrogen-bond acceptors (Lipinski definition) is 5.